The maximum atomic E-state index is 13.5. The van der Waals surface area contributed by atoms with Gasteiger partial charge in [0.15, 0.2) is 11.0 Å². The van der Waals surface area contributed by atoms with Crippen molar-refractivity contribution in [3.8, 4) is 5.69 Å². The van der Waals surface area contributed by atoms with E-state index >= 15 is 0 Å². The average Bonchev–Trinajstić information content (AvgIpc) is 3.16. The molecule has 0 spiro atoms. The Kier molecular flexibility index (Phi) is 7.23. The number of aromatic nitrogens is 3. The van der Waals surface area contributed by atoms with Crippen molar-refractivity contribution in [1.82, 2.24) is 19.7 Å². The van der Waals surface area contributed by atoms with Crippen molar-refractivity contribution in [1.29, 1.82) is 0 Å². The van der Waals surface area contributed by atoms with Gasteiger partial charge in [-0.15, -0.1) is 10.2 Å². The molecule has 0 amide bonds. The van der Waals surface area contributed by atoms with Crippen molar-refractivity contribution in [2.24, 2.45) is 0 Å². The van der Waals surface area contributed by atoms with Crippen molar-refractivity contribution in [2.75, 3.05) is 20.7 Å². The fourth-order valence-corrected chi connectivity index (χ4v) is 3.96. The van der Waals surface area contributed by atoms with Gasteiger partial charge in [0.05, 0.1) is 12.6 Å². The van der Waals surface area contributed by atoms with Crippen molar-refractivity contribution >= 4 is 17.7 Å². The summed E-state index contributed by atoms with van der Waals surface area (Å²) < 4.78 is 20.7. The first-order valence-corrected chi connectivity index (χ1v) is 10.6. The summed E-state index contributed by atoms with van der Waals surface area (Å²) in [5, 5.41) is 8.70. The van der Waals surface area contributed by atoms with Gasteiger partial charge in [-0.25, -0.2) is 4.39 Å². The van der Waals surface area contributed by atoms with Gasteiger partial charge in [-0.3, -0.25) is 14.3 Å². The highest BCUT2D eigenvalue weighted by molar-refractivity contribution is 8.00. The SMILES string of the molecule is CCOC(=O)C(Sc1nnc(C(C)N(C)C)n1-c1ccc(F)cc1)c1ccccc1. The number of rotatable bonds is 8. The van der Waals surface area contributed by atoms with Gasteiger partial charge in [0, 0.05) is 5.69 Å². The van der Waals surface area contributed by atoms with E-state index in [1.807, 2.05) is 60.8 Å². The van der Waals surface area contributed by atoms with Gasteiger partial charge in [0.2, 0.25) is 0 Å². The third kappa shape index (κ3) is 4.88. The lowest BCUT2D eigenvalue weighted by Gasteiger charge is -2.21. The molecule has 0 aliphatic heterocycles. The highest BCUT2D eigenvalue weighted by Gasteiger charge is 2.28. The Balaban J connectivity index is 2.07. The van der Waals surface area contributed by atoms with Crippen LogP contribution in [-0.4, -0.2) is 46.3 Å². The summed E-state index contributed by atoms with van der Waals surface area (Å²) in [6, 6.07) is 15.5. The number of hydrogen-bond donors (Lipinski definition) is 0. The molecule has 3 rings (SSSR count). The lowest BCUT2D eigenvalue weighted by atomic mass is 10.1. The van der Waals surface area contributed by atoms with Gasteiger partial charge >= 0.3 is 5.97 Å². The maximum Gasteiger partial charge on any atom is 0.324 e. The van der Waals surface area contributed by atoms with E-state index in [9.17, 15) is 9.18 Å². The standard InChI is InChI=1S/C22H25FN4O2S/c1-5-29-21(28)19(16-9-7-6-8-10-16)30-22-25-24-20(15(2)26(3)4)27(22)18-13-11-17(23)12-14-18/h6-15,19H,5H2,1-4H3. The van der Waals surface area contributed by atoms with Crippen LogP contribution in [-0.2, 0) is 9.53 Å². The summed E-state index contributed by atoms with van der Waals surface area (Å²) in [6.07, 6.45) is 0. The lowest BCUT2D eigenvalue weighted by Crippen LogP contribution is -2.21. The van der Waals surface area contributed by atoms with Crippen molar-refractivity contribution in [3.05, 3.63) is 71.8 Å². The molecule has 2 atom stereocenters. The minimum atomic E-state index is -0.600. The number of carbonyl (C=O) groups is 1. The van der Waals surface area contributed by atoms with Gasteiger partial charge in [-0.1, -0.05) is 42.1 Å². The Morgan fingerprint density at radius 3 is 2.40 bits per heavy atom. The zero-order valence-corrected chi connectivity index (χ0v) is 18.3. The largest absolute Gasteiger partial charge is 0.465 e. The van der Waals surface area contributed by atoms with Gasteiger partial charge in [0.1, 0.15) is 11.1 Å². The number of nitrogens with zero attached hydrogens (tertiary/aromatic N) is 4. The highest BCUT2D eigenvalue weighted by atomic mass is 32.2. The monoisotopic (exact) mass is 428 g/mol. The number of halogens is 1. The maximum absolute atomic E-state index is 13.5. The Bertz CT molecular complexity index is 977. The second-order valence-electron chi connectivity index (χ2n) is 6.95. The zero-order valence-electron chi connectivity index (χ0n) is 17.4. The second-order valence-corrected chi connectivity index (χ2v) is 8.03. The van der Waals surface area contributed by atoms with Gasteiger partial charge in [0.25, 0.3) is 0 Å². The van der Waals surface area contributed by atoms with E-state index in [1.54, 1.807) is 19.1 Å². The first-order valence-electron chi connectivity index (χ1n) is 9.68. The smallest absolute Gasteiger partial charge is 0.324 e. The molecule has 2 unspecified atom stereocenters. The van der Waals surface area contributed by atoms with E-state index in [0.29, 0.717) is 11.0 Å². The average molecular weight is 429 g/mol. The van der Waals surface area contributed by atoms with Crippen LogP contribution < -0.4 is 0 Å². The fraction of sp³-hybridized carbons (Fsp3) is 0.318. The number of esters is 1. The first kappa shape index (κ1) is 22.0. The Hall–Kier alpha value is -2.71. The third-order valence-electron chi connectivity index (χ3n) is 4.72. The molecule has 158 valence electrons. The van der Waals surface area contributed by atoms with E-state index in [-0.39, 0.29) is 24.4 Å². The molecule has 0 aliphatic rings. The van der Waals surface area contributed by atoms with Crippen molar-refractivity contribution < 1.29 is 13.9 Å². The molecule has 0 N–H and O–H groups in total. The molecule has 0 radical (unpaired) electrons. The number of hydrogen-bond acceptors (Lipinski definition) is 6. The molecule has 1 aromatic heterocycles. The van der Waals surface area contributed by atoms with Crippen molar-refractivity contribution in [2.45, 2.75) is 30.3 Å². The second kappa shape index (κ2) is 9.86. The minimum Gasteiger partial charge on any atom is -0.465 e. The molecule has 0 saturated carbocycles. The quantitative estimate of drug-likeness (QED) is 0.391. The van der Waals surface area contributed by atoms with Crippen LogP contribution in [0.1, 0.15) is 36.5 Å². The Morgan fingerprint density at radius 1 is 1.13 bits per heavy atom. The summed E-state index contributed by atoms with van der Waals surface area (Å²) >= 11 is 1.27. The number of carbonyl (C=O) groups excluding carboxylic acids is 1. The molecule has 6 nitrogen and oxygen atoms in total. The normalized spacial score (nSPS) is 13.3. The molecule has 0 bridgehead atoms. The number of ether oxygens (including phenoxy) is 1. The van der Waals surface area contributed by atoms with Crippen molar-refractivity contribution in [3.63, 3.8) is 0 Å². The predicted octanol–water partition coefficient (Wildman–Crippen LogP) is 4.43. The van der Waals surface area contributed by atoms with Gasteiger partial charge in [-0.2, -0.15) is 0 Å². The van der Waals surface area contributed by atoms with Gasteiger partial charge in [-0.05, 0) is 57.8 Å². The van der Waals surface area contributed by atoms with Gasteiger partial charge < -0.3 is 4.74 Å². The molecule has 0 fully saturated rings. The minimum absolute atomic E-state index is 0.0466. The van der Waals surface area contributed by atoms with Crippen LogP contribution in [0, 0.1) is 5.82 Å². The number of thioether (sulfide) groups is 1. The Morgan fingerprint density at radius 2 is 1.80 bits per heavy atom. The molecule has 2 aromatic carbocycles. The van der Waals surface area contributed by atoms with E-state index in [4.69, 9.17) is 4.74 Å². The fourth-order valence-electron chi connectivity index (χ4n) is 2.90. The van der Waals surface area contributed by atoms with E-state index in [1.165, 1.54) is 23.9 Å². The molecule has 3 aromatic rings. The Labute approximate surface area is 180 Å². The molecular weight excluding hydrogens is 403 g/mol. The zero-order chi connectivity index (χ0) is 21.7. The predicted molar refractivity (Wildman–Crippen MR) is 115 cm³/mol. The summed E-state index contributed by atoms with van der Waals surface area (Å²) in [5.74, 6) is 0.0336. The molecule has 30 heavy (non-hydrogen) atoms. The summed E-state index contributed by atoms with van der Waals surface area (Å²) in [4.78, 5) is 14.7. The molecule has 0 saturated heterocycles. The van der Waals surface area contributed by atoms with Crippen LogP contribution >= 0.6 is 11.8 Å². The van der Waals surface area contributed by atoms with Crippen LogP contribution in [0.25, 0.3) is 5.69 Å². The molecular formula is C22H25FN4O2S. The highest BCUT2D eigenvalue weighted by Crippen LogP contribution is 2.37. The topological polar surface area (TPSA) is 60.2 Å². The van der Waals surface area contributed by atoms with Crippen LogP contribution in [0.15, 0.2) is 59.8 Å². The van der Waals surface area contributed by atoms with Crippen LogP contribution in [0.4, 0.5) is 4.39 Å². The lowest BCUT2D eigenvalue weighted by molar-refractivity contribution is -0.142. The van der Waals surface area contributed by atoms with Crippen LogP contribution in [0.5, 0.6) is 0 Å². The van der Waals surface area contributed by atoms with E-state index < -0.39 is 5.25 Å². The van der Waals surface area contributed by atoms with E-state index in [0.717, 1.165) is 11.3 Å². The summed E-state index contributed by atoms with van der Waals surface area (Å²) in [7, 11) is 3.90. The first-order chi connectivity index (χ1) is 14.4. The molecule has 0 aliphatic carbocycles. The molecule has 1 heterocycles. The van der Waals surface area contributed by atoms with Crippen LogP contribution in [0.2, 0.25) is 0 Å². The molecule has 8 heteroatoms. The summed E-state index contributed by atoms with van der Waals surface area (Å²) in [6.45, 7) is 4.08. The van der Waals surface area contributed by atoms with Crippen LogP contribution in [0.3, 0.4) is 0 Å². The third-order valence-corrected chi connectivity index (χ3v) is 5.89. The van der Waals surface area contributed by atoms with E-state index in [2.05, 4.69) is 10.2 Å². The number of benzene rings is 2. The summed E-state index contributed by atoms with van der Waals surface area (Å²) in [5.41, 5.74) is 1.54.